The van der Waals surface area contributed by atoms with Crippen LogP contribution in [0.1, 0.15) is 12.5 Å². The molecular formula is C17H18FN3O3. The van der Waals surface area contributed by atoms with Crippen molar-refractivity contribution in [1.29, 1.82) is 0 Å². The third-order valence-corrected chi connectivity index (χ3v) is 3.22. The number of nitrogens with one attached hydrogen (secondary N) is 2. The Balaban J connectivity index is 1.83. The van der Waals surface area contributed by atoms with Gasteiger partial charge < -0.3 is 15.4 Å². The number of benzene rings is 1. The summed E-state index contributed by atoms with van der Waals surface area (Å²) in [5.41, 5.74) is 1.09. The van der Waals surface area contributed by atoms with Crippen LogP contribution < -0.4 is 15.4 Å². The third-order valence-electron chi connectivity index (χ3n) is 3.22. The highest BCUT2D eigenvalue weighted by Crippen LogP contribution is 2.15. The van der Waals surface area contributed by atoms with Gasteiger partial charge in [-0.05, 0) is 49.7 Å². The van der Waals surface area contributed by atoms with Crippen molar-refractivity contribution in [3.8, 4) is 5.75 Å². The molecule has 0 aliphatic carbocycles. The molecule has 2 aromatic rings. The molecule has 1 heterocycles. The van der Waals surface area contributed by atoms with Crippen molar-refractivity contribution in [2.45, 2.75) is 19.9 Å². The molecule has 1 atom stereocenters. The van der Waals surface area contributed by atoms with E-state index in [9.17, 15) is 14.0 Å². The van der Waals surface area contributed by atoms with Crippen LogP contribution in [0.4, 0.5) is 10.1 Å². The molecule has 2 rings (SSSR count). The van der Waals surface area contributed by atoms with Gasteiger partial charge in [-0.25, -0.2) is 4.39 Å². The molecule has 0 aliphatic heterocycles. The fraction of sp³-hybridized carbons (Fsp3) is 0.235. The number of carbonyl (C=O) groups is 2. The first-order valence-corrected chi connectivity index (χ1v) is 7.35. The van der Waals surface area contributed by atoms with Crippen molar-refractivity contribution >= 4 is 17.5 Å². The van der Waals surface area contributed by atoms with Crippen LogP contribution in [0.2, 0.25) is 0 Å². The molecule has 6 nitrogen and oxygen atoms in total. The molecule has 0 bridgehead atoms. The van der Waals surface area contributed by atoms with Crippen LogP contribution in [-0.2, 0) is 9.59 Å². The van der Waals surface area contributed by atoms with Gasteiger partial charge in [-0.15, -0.1) is 0 Å². The zero-order valence-corrected chi connectivity index (χ0v) is 13.4. The Morgan fingerprint density at radius 1 is 1.33 bits per heavy atom. The van der Waals surface area contributed by atoms with Crippen LogP contribution in [0.5, 0.6) is 5.75 Å². The molecule has 7 heteroatoms. The first-order chi connectivity index (χ1) is 11.5. The monoisotopic (exact) mass is 331 g/mol. The Hall–Kier alpha value is -2.96. The number of carbonyl (C=O) groups excluding carboxylic acids is 2. The Labute approximate surface area is 139 Å². The van der Waals surface area contributed by atoms with Gasteiger partial charge in [-0.2, -0.15) is 0 Å². The summed E-state index contributed by atoms with van der Waals surface area (Å²) in [6, 6.07) is 6.65. The number of rotatable bonds is 6. The summed E-state index contributed by atoms with van der Waals surface area (Å²) in [7, 11) is 0. The molecule has 0 spiro atoms. The average Bonchev–Trinajstić information content (AvgIpc) is 2.56. The van der Waals surface area contributed by atoms with Crippen molar-refractivity contribution in [2.24, 2.45) is 0 Å². The Kier molecular flexibility index (Phi) is 5.83. The van der Waals surface area contributed by atoms with E-state index in [2.05, 4.69) is 15.6 Å². The molecule has 0 aliphatic rings. The standard InChI is InChI=1S/C17H18FN3O3/c1-11-8-13(18)5-6-15(11)21-17(23)12(2)20-16(22)10-24-14-4-3-7-19-9-14/h3-9,12H,10H2,1-2H3,(H,20,22)(H,21,23)/t12-/m1/s1. The van der Waals surface area contributed by atoms with Crippen LogP contribution in [0.25, 0.3) is 0 Å². The van der Waals surface area contributed by atoms with Gasteiger partial charge in [0.15, 0.2) is 6.61 Å². The zero-order chi connectivity index (χ0) is 17.5. The first-order valence-electron chi connectivity index (χ1n) is 7.35. The van der Waals surface area contributed by atoms with Crippen LogP contribution in [-0.4, -0.2) is 29.4 Å². The molecule has 2 amide bonds. The first kappa shape index (κ1) is 17.4. The predicted molar refractivity (Wildman–Crippen MR) is 87.1 cm³/mol. The van der Waals surface area contributed by atoms with Crippen molar-refractivity contribution < 1.29 is 18.7 Å². The molecule has 0 saturated carbocycles. The van der Waals surface area contributed by atoms with Gasteiger partial charge in [0.25, 0.3) is 5.91 Å². The van der Waals surface area contributed by atoms with Gasteiger partial charge in [0.1, 0.15) is 17.6 Å². The number of nitrogens with zero attached hydrogens (tertiary/aromatic N) is 1. The predicted octanol–water partition coefficient (Wildman–Crippen LogP) is 2.05. The average molecular weight is 331 g/mol. The molecule has 0 unspecified atom stereocenters. The van der Waals surface area contributed by atoms with E-state index in [4.69, 9.17) is 4.74 Å². The molecule has 1 aromatic carbocycles. The topological polar surface area (TPSA) is 80.3 Å². The van der Waals surface area contributed by atoms with E-state index in [-0.39, 0.29) is 12.4 Å². The minimum atomic E-state index is -0.764. The lowest BCUT2D eigenvalue weighted by Crippen LogP contribution is -2.43. The van der Waals surface area contributed by atoms with Crippen LogP contribution in [0, 0.1) is 12.7 Å². The molecule has 2 N–H and O–H groups in total. The van der Waals surface area contributed by atoms with E-state index in [1.54, 1.807) is 32.2 Å². The Morgan fingerprint density at radius 3 is 2.79 bits per heavy atom. The van der Waals surface area contributed by atoms with Crippen molar-refractivity contribution in [2.75, 3.05) is 11.9 Å². The van der Waals surface area contributed by atoms with E-state index in [1.165, 1.54) is 24.4 Å². The second-order valence-corrected chi connectivity index (χ2v) is 5.22. The SMILES string of the molecule is Cc1cc(F)ccc1NC(=O)[C@@H](C)NC(=O)COc1cccnc1. The van der Waals surface area contributed by atoms with Gasteiger partial charge >= 0.3 is 0 Å². The minimum Gasteiger partial charge on any atom is -0.482 e. The number of pyridine rings is 1. The lowest BCUT2D eigenvalue weighted by atomic mass is 10.2. The fourth-order valence-corrected chi connectivity index (χ4v) is 1.94. The number of aryl methyl sites for hydroxylation is 1. The second kappa shape index (κ2) is 8.05. The third kappa shape index (κ3) is 5.05. The van der Waals surface area contributed by atoms with E-state index in [0.29, 0.717) is 17.0 Å². The maximum Gasteiger partial charge on any atom is 0.258 e. The fourth-order valence-electron chi connectivity index (χ4n) is 1.94. The van der Waals surface area contributed by atoms with Crippen LogP contribution in [0.3, 0.4) is 0 Å². The quantitative estimate of drug-likeness (QED) is 0.849. The van der Waals surface area contributed by atoms with Crippen molar-refractivity contribution in [1.82, 2.24) is 10.3 Å². The van der Waals surface area contributed by atoms with E-state index < -0.39 is 17.9 Å². The number of anilines is 1. The van der Waals surface area contributed by atoms with Gasteiger partial charge in [-0.1, -0.05) is 0 Å². The second-order valence-electron chi connectivity index (χ2n) is 5.22. The zero-order valence-electron chi connectivity index (χ0n) is 13.4. The highest BCUT2D eigenvalue weighted by Gasteiger charge is 2.16. The maximum absolute atomic E-state index is 13.1. The van der Waals surface area contributed by atoms with Gasteiger partial charge in [0, 0.05) is 11.9 Å². The molecular weight excluding hydrogens is 313 g/mol. The van der Waals surface area contributed by atoms with Gasteiger partial charge in [0.05, 0.1) is 6.20 Å². The lowest BCUT2D eigenvalue weighted by molar-refractivity contribution is -0.127. The van der Waals surface area contributed by atoms with Crippen LogP contribution in [0.15, 0.2) is 42.7 Å². The summed E-state index contributed by atoms with van der Waals surface area (Å²) in [5, 5.41) is 5.18. The van der Waals surface area contributed by atoms with Gasteiger partial charge in [-0.3, -0.25) is 14.6 Å². The Morgan fingerprint density at radius 2 is 2.12 bits per heavy atom. The van der Waals surface area contributed by atoms with Crippen molar-refractivity contribution in [3.63, 3.8) is 0 Å². The molecule has 0 fully saturated rings. The molecule has 0 saturated heterocycles. The van der Waals surface area contributed by atoms with Crippen LogP contribution >= 0.6 is 0 Å². The molecule has 24 heavy (non-hydrogen) atoms. The number of amides is 2. The maximum atomic E-state index is 13.1. The summed E-state index contributed by atoms with van der Waals surface area (Å²) in [5.74, 6) is -0.747. The number of ether oxygens (including phenoxy) is 1. The number of hydrogen-bond acceptors (Lipinski definition) is 4. The Bertz CT molecular complexity index is 722. The summed E-state index contributed by atoms with van der Waals surface area (Å²) in [4.78, 5) is 27.8. The normalized spacial score (nSPS) is 11.5. The summed E-state index contributed by atoms with van der Waals surface area (Å²) < 4.78 is 18.3. The minimum absolute atomic E-state index is 0.223. The number of hydrogen-bond donors (Lipinski definition) is 2. The van der Waals surface area contributed by atoms with E-state index in [0.717, 1.165) is 0 Å². The van der Waals surface area contributed by atoms with Gasteiger partial charge in [0.2, 0.25) is 5.91 Å². The molecule has 126 valence electrons. The summed E-state index contributed by atoms with van der Waals surface area (Å²) >= 11 is 0. The van der Waals surface area contributed by atoms with Crippen molar-refractivity contribution in [3.05, 3.63) is 54.1 Å². The summed E-state index contributed by atoms with van der Waals surface area (Å²) in [6.07, 6.45) is 3.08. The highest BCUT2D eigenvalue weighted by molar-refractivity contribution is 5.97. The number of aromatic nitrogens is 1. The number of halogens is 1. The molecule has 0 radical (unpaired) electrons. The van der Waals surface area contributed by atoms with E-state index in [1.807, 2.05) is 0 Å². The smallest absolute Gasteiger partial charge is 0.258 e. The lowest BCUT2D eigenvalue weighted by Gasteiger charge is -2.15. The largest absolute Gasteiger partial charge is 0.482 e. The highest BCUT2D eigenvalue weighted by atomic mass is 19.1. The van der Waals surface area contributed by atoms with E-state index >= 15 is 0 Å². The summed E-state index contributed by atoms with van der Waals surface area (Å²) in [6.45, 7) is 3.01. The molecule has 1 aromatic heterocycles.